The smallest absolute Gasteiger partial charge is 0.276 e. The van der Waals surface area contributed by atoms with Crippen LogP contribution >= 0.6 is 0 Å². The second-order valence-corrected chi connectivity index (χ2v) is 5.63. The molecule has 1 aromatic heterocycles. The van der Waals surface area contributed by atoms with Gasteiger partial charge in [-0.3, -0.25) is 4.79 Å². The second-order valence-electron chi connectivity index (χ2n) is 5.63. The summed E-state index contributed by atoms with van der Waals surface area (Å²) in [5.74, 6) is -0.185. The Bertz CT molecular complexity index is 593. The molecule has 0 aliphatic rings. The van der Waals surface area contributed by atoms with Gasteiger partial charge < -0.3 is 10.3 Å². The fraction of sp³-hybridized carbons (Fsp3) is 0.333. The molecule has 0 unspecified atom stereocenters. The average molecular weight is 257 g/mol. The first-order chi connectivity index (χ1) is 8.89. The van der Waals surface area contributed by atoms with Crippen LogP contribution in [-0.4, -0.2) is 15.9 Å². The van der Waals surface area contributed by atoms with Crippen molar-refractivity contribution in [3.05, 3.63) is 47.5 Å². The Morgan fingerprint density at radius 3 is 2.53 bits per heavy atom. The lowest BCUT2D eigenvalue weighted by Crippen LogP contribution is -2.19. The molecule has 2 rings (SSSR count). The zero-order chi connectivity index (χ0) is 14.0. The number of aryl methyl sites for hydroxylation is 1. The molecule has 0 fully saturated rings. The molecule has 19 heavy (non-hydrogen) atoms. The van der Waals surface area contributed by atoms with Gasteiger partial charge in [0.05, 0.1) is 6.33 Å². The fourth-order valence-corrected chi connectivity index (χ4v) is 2.02. The number of aromatic amines is 1. The average Bonchev–Trinajstić information content (AvgIpc) is 2.75. The fourth-order valence-electron chi connectivity index (χ4n) is 2.02. The number of H-pyrrole nitrogens is 1. The monoisotopic (exact) mass is 257 g/mol. The number of imidazole rings is 1. The van der Waals surface area contributed by atoms with E-state index in [1.165, 1.54) is 6.33 Å². The summed E-state index contributed by atoms with van der Waals surface area (Å²) in [6.07, 6.45) is 1.53. The van der Waals surface area contributed by atoms with Gasteiger partial charge in [-0.15, -0.1) is 0 Å². The van der Waals surface area contributed by atoms with E-state index in [-0.39, 0.29) is 11.3 Å². The number of carbonyl (C=O) groups is 1. The Labute approximate surface area is 113 Å². The van der Waals surface area contributed by atoms with Crippen molar-refractivity contribution >= 4 is 11.6 Å². The molecule has 0 saturated carbocycles. The van der Waals surface area contributed by atoms with Crippen LogP contribution in [0.4, 0.5) is 5.69 Å². The molecule has 4 heteroatoms. The van der Waals surface area contributed by atoms with Gasteiger partial charge >= 0.3 is 0 Å². The summed E-state index contributed by atoms with van der Waals surface area (Å²) in [7, 11) is 0. The zero-order valence-electron chi connectivity index (χ0n) is 11.7. The normalized spacial score (nSPS) is 11.4. The van der Waals surface area contributed by atoms with Crippen LogP contribution in [0.25, 0.3) is 0 Å². The van der Waals surface area contributed by atoms with E-state index in [1.807, 2.05) is 31.2 Å². The summed E-state index contributed by atoms with van der Waals surface area (Å²) in [6.45, 7) is 8.20. The number of benzene rings is 1. The number of amides is 1. The van der Waals surface area contributed by atoms with Crippen LogP contribution < -0.4 is 5.32 Å². The van der Waals surface area contributed by atoms with Crippen LogP contribution in [0.15, 0.2) is 30.6 Å². The van der Waals surface area contributed by atoms with E-state index in [4.69, 9.17) is 0 Å². The number of para-hydroxylation sites is 1. The number of nitrogens with one attached hydrogen (secondary N) is 2. The van der Waals surface area contributed by atoms with E-state index < -0.39 is 0 Å². The molecule has 2 N–H and O–H groups in total. The van der Waals surface area contributed by atoms with Crippen molar-refractivity contribution in [2.75, 3.05) is 5.32 Å². The lowest BCUT2D eigenvalue weighted by Gasteiger charge is -2.22. The van der Waals surface area contributed by atoms with Gasteiger partial charge in [0.15, 0.2) is 0 Å². The third-order valence-electron chi connectivity index (χ3n) is 3.03. The van der Waals surface area contributed by atoms with Crippen LogP contribution in [0.3, 0.4) is 0 Å². The Balaban J connectivity index is 2.30. The van der Waals surface area contributed by atoms with Gasteiger partial charge in [0.1, 0.15) is 5.69 Å². The molecule has 1 amide bonds. The first-order valence-corrected chi connectivity index (χ1v) is 6.30. The minimum Gasteiger partial charge on any atom is -0.348 e. The Kier molecular flexibility index (Phi) is 3.42. The molecule has 0 aliphatic heterocycles. The minimum absolute atomic E-state index is 0.0233. The molecule has 0 spiro atoms. The Morgan fingerprint density at radius 1 is 1.26 bits per heavy atom. The van der Waals surface area contributed by atoms with Gasteiger partial charge in [-0.05, 0) is 24.0 Å². The number of rotatable bonds is 2. The van der Waals surface area contributed by atoms with Crippen LogP contribution in [-0.2, 0) is 5.41 Å². The third-order valence-corrected chi connectivity index (χ3v) is 3.03. The maximum atomic E-state index is 12.2. The molecule has 0 saturated heterocycles. The topological polar surface area (TPSA) is 57.8 Å². The van der Waals surface area contributed by atoms with Gasteiger partial charge in [0, 0.05) is 11.4 Å². The standard InChI is InChI=1S/C15H19N3O/c1-10-13(17-9-16-10)14(19)18-12-8-6-5-7-11(12)15(2,3)4/h5-9H,1-4H3,(H,16,17)(H,18,19). The van der Waals surface area contributed by atoms with Gasteiger partial charge in [0.25, 0.3) is 5.91 Å². The van der Waals surface area contributed by atoms with Gasteiger partial charge in [0.2, 0.25) is 0 Å². The molecule has 0 atom stereocenters. The lowest BCUT2D eigenvalue weighted by molar-refractivity contribution is 0.102. The SMILES string of the molecule is Cc1[nH]cnc1C(=O)Nc1ccccc1C(C)(C)C. The highest BCUT2D eigenvalue weighted by Crippen LogP contribution is 2.29. The van der Waals surface area contributed by atoms with E-state index in [9.17, 15) is 4.79 Å². The summed E-state index contributed by atoms with van der Waals surface area (Å²) in [5, 5.41) is 2.94. The second kappa shape index (κ2) is 4.88. The Hall–Kier alpha value is -2.10. The number of aromatic nitrogens is 2. The molecular formula is C15H19N3O. The molecule has 2 aromatic rings. The predicted molar refractivity (Wildman–Crippen MR) is 76.4 cm³/mol. The largest absolute Gasteiger partial charge is 0.348 e. The van der Waals surface area contributed by atoms with E-state index in [2.05, 4.69) is 36.1 Å². The van der Waals surface area contributed by atoms with Crippen molar-refractivity contribution in [3.63, 3.8) is 0 Å². The lowest BCUT2D eigenvalue weighted by atomic mass is 9.86. The van der Waals surface area contributed by atoms with Crippen molar-refractivity contribution in [2.24, 2.45) is 0 Å². The number of nitrogens with zero attached hydrogens (tertiary/aromatic N) is 1. The quantitative estimate of drug-likeness (QED) is 0.867. The third kappa shape index (κ3) is 2.84. The van der Waals surface area contributed by atoms with E-state index in [1.54, 1.807) is 0 Å². The van der Waals surface area contributed by atoms with Gasteiger partial charge in [-0.1, -0.05) is 39.0 Å². The van der Waals surface area contributed by atoms with Crippen molar-refractivity contribution in [3.8, 4) is 0 Å². The molecule has 1 heterocycles. The summed E-state index contributed by atoms with van der Waals surface area (Å²) in [5.41, 5.74) is 3.12. The maximum absolute atomic E-state index is 12.2. The van der Waals surface area contributed by atoms with E-state index >= 15 is 0 Å². The predicted octanol–water partition coefficient (Wildman–Crippen LogP) is 3.27. The number of hydrogen-bond acceptors (Lipinski definition) is 2. The molecule has 0 aliphatic carbocycles. The molecular weight excluding hydrogens is 238 g/mol. The zero-order valence-corrected chi connectivity index (χ0v) is 11.7. The molecule has 0 bridgehead atoms. The van der Waals surface area contributed by atoms with Gasteiger partial charge in [-0.25, -0.2) is 4.98 Å². The van der Waals surface area contributed by atoms with E-state index in [0.29, 0.717) is 5.69 Å². The maximum Gasteiger partial charge on any atom is 0.276 e. The number of carbonyl (C=O) groups excluding carboxylic acids is 1. The molecule has 100 valence electrons. The summed E-state index contributed by atoms with van der Waals surface area (Å²) in [6, 6.07) is 7.85. The summed E-state index contributed by atoms with van der Waals surface area (Å²) in [4.78, 5) is 19.1. The molecule has 0 radical (unpaired) electrons. The highest BCUT2D eigenvalue weighted by molar-refractivity contribution is 6.04. The van der Waals surface area contributed by atoms with E-state index in [0.717, 1.165) is 16.9 Å². The van der Waals surface area contributed by atoms with Gasteiger partial charge in [-0.2, -0.15) is 0 Å². The molecule has 1 aromatic carbocycles. The van der Waals surface area contributed by atoms with Crippen LogP contribution in [0.1, 0.15) is 42.5 Å². The highest BCUT2D eigenvalue weighted by atomic mass is 16.1. The van der Waals surface area contributed by atoms with Crippen molar-refractivity contribution in [1.29, 1.82) is 0 Å². The first-order valence-electron chi connectivity index (χ1n) is 6.30. The minimum atomic E-state index is -0.185. The van der Waals surface area contributed by atoms with Crippen LogP contribution in [0.2, 0.25) is 0 Å². The van der Waals surface area contributed by atoms with Crippen molar-refractivity contribution in [2.45, 2.75) is 33.1 Å². The highest BCUT2D eigenvalue weighted by Gasteiger charge is 2.20. The first kappa shape index (κ1) is 13.3. The van der Waals surface area contributed by atoms with Crippen LogP contribution in [0, 0.1) is 6.92 Å². The number of hydrogen-bond donors (Lipinski definition) is 2. The van der Waals surface area contributed by atoms with Crippen molar-refractivity contribution in [1.82, 2.24) is 9.97 Å². The van der Waals surface area contributed by atoms with Crippen LogP contribution in [0.5, 0.6) is 0 Å². The van der Waals surface area contributed by atoms with Crippen molar-refractivity contribution < 1.29 is 4.79 Å². The number of anilines is 1. The molecule has 4 nitrogen and oxygen atoms in total. The Morgan fingerprint density at radius 2 is 1.95 bits per heavy atom. The summed E-state index contributed by atoms with van der Waals surface area (Å²) >= 11 is 0. The summed E-state index contributed by atoms with van der Waals surface area (Å²) < 4.78 is 0.